The second-order valence-corrected chi connectivity index (χ2v) is 0.955. The van der Waals surface area contributed by atoms with Crippen LogP contribution in [0.5, 0.6) is 0 Å². The van der Waals surface area contributed by atoms with Gasteiger partial charge in [-0.2, -0.15) is 0 Å². The molecule has 0 nitrogen and oxygen atoms in total. The van der Waals surface area contributed by atoms with Crippen LogP contribution in [-0.2, 0) is 0 Å². The van der Waals surface area contributed by atoms with Crippen molar-refractivity contribution in [3.8, 4) is 11.8 Å². The summed E-state index contributed by atoms with van der Waals surface area (Å²) in [6.45, 7) is 6.84. The quantitative estimate of drug-likeness (QED) is 0.397. The summed E-state index contributed by atoms with van der Waals surface area (Å²) in [6.07, 6.45) is 4.92. The molecule has 0 saturated carbocycles. The molecule has 0 atom stereocenters. The van der Waals surface area contributed by atoms with Crippen molar-refractivity contribution < 1.29 is 0 Å². The lowest BCUT2D eigenvalue weighted by Gasteiger charge is -1.58. The van der Waals surface area contributed by atoms with E-state index < -0.39 is 0 Å². The molecule has 0 rings (SSSR count). The van der Waals surface area contributed by atoms with Crippen LogP contribution in [0.4, 0.5) is 0 Å². The molecule has 0 N–H and O–H groups in total. The molecule has 0 saturated heterocycles. The van der Waals surface area contributed by atoms with E-state index in [0.717, 1.165) is 0 Å². The molecule has 0 bridgehead atoms. The van der Waals surface area contributed by atoms with Crippen LogP contribution in [0.15, 0.2) is 18.2 Å². The fraction of sp³-hybridized carbons (Fsp3) is 0.143. The van der Waals surface area contributed by atoms with Gasteiger partial charge in [0.05, 0.1) is 0 Å². The van der Waals surface area contributed by atoms with Gasteiger partial charge in [-0.05, 0) is 19.1 Å². The minimum atomic E-state index is 1.32. The third-order valence-electron chi connectivity index (χ3n) is 0.417. The smallest absolute Gasteiger partial charge is 0.0115 e. The van der Waals surface area contributed by atoms with Gasteiger partial charge < -0.3 is 0 Å². The Bertz CT molecular complexity index is 119. The fourth-order valence-corrected chi connectivity index (χ4v) is 0.180. The maximum atomic E-state index is 4.94. The topological polar surface area (TPSA) is 0 Å². The Morgan fingerprint density at radius 3 is 2.57 bits per heavy atom. The monoisotopic (exact) mass is 91.1 g/mol. The van der Waals surface area contributed by atoms with E-state index in [1.807, 2.05) is 13.0 Å². The minimum absolute atomic E-state index is 1.32. The largest absolute Gasteiger partial charge is 0.0793 e. The molecule has 0 unspecified atom stereocenters. The Hall–Kier alpha value is -0.960. The second-order valence-electron chi connectivity index (χ2n) is 0.955. The van der Waals surface area contributed by atoms with Crippen molar-refractivity contribution in [2.75, 3.05) is 0 Å². The fourth-order valence-electron chi connectivity index (χ4n) is 0.180. The molecule has 0 fully saturated rings. The lowest BCUT2D eigenvalue weighted by Crippen LogP contribution is -1.44. The van der Waals surface area contributed by atoms with Crippen LogP contribution in [0.1, 0.15) is 6.92 Å². The first-order chi connectivity index (χ1) is 3.41. The summed E-state index contributed by atoms with van der Waals surface area (Å²) in [6, 6.07) is 0. The van der Waals surface area contributed by atoms with Gasteiger partial charge in [0.1, 0.15) is 0 Å². The van der Waals surface area contributed by atoms with Crippen molar-refractivity contribution in [2.24, 2.45) is 0 Å². The molecule has 0 aliphatic carbocycles. The van der Waals surface area contributed by atoms with Gasteiger partial charge in [0.15, 0.2) is 0 Å². The lowest BCUT2D eigenvalue weighted by molar-refractivity contribution is 1.76. The van der Waals surface area contributed by atoms with E-state index in [0.29, 0.717) is 0 Å². The number of rotatable bonds is 0. The first kappa shape index (κ1) is 6.04. The second kappa shape index (κ2) is 5.04. The summed E-state index contributed by atoms with van der Waals surface area (Å²) in [7, 11) is 0. The average molecular weight is 91.1 g/mol. The zero-order valence-corrected chi connectivity index (χ0v) is 4.31. The summed E-state index contributed by atoms with van der Waals surface area (Å²) < 4.78 is 0. The highest BCUT2D eigenvalue weighted by molar-refractivity contribution is 5.20. The SMILES string of the molecule is [CH]=CC#CC=CC. The van der Waals surface area contributed by atoms with Gasteiger partial charge in [0.2, 0.25) is 0 Å². The van der Waals surface area contributed by atoms with E-state index in [-0.39, 0.29) is 0 Å². The zero-order valence-electron chi connectivity index (χ0n) is 4.31. The molecular weight excluding hydrogens is 84.1 g/mol. The van der Waals surface area contributed by atoms with Crippen LogP contribution in [-0.4, -0.2) is 0 Å². The van der Waals surface area contributed by atoms with Crippen molar-refractivity contribution in [2.45, 2.75) is 6.92 Å². The maximum Gasteiger partial charge on any atom is -0.0115 e. The number of allylic oxidation sites excluding steroid dienone is 3. The molecule has 35 valence electrons. The van der Waals surface area contributed by atoms with Crippen molar-refractivity contribution in [1.82, 2.24) is 0 Å². The summed E-state index contributed by atoms with van der Waals surface area (Å²) in [5, 5.41) is 0. The Kier molecular flexibility index (Phi) is 4.35. The molecule has 0 heterocycles. The van der Waals surface area contributed by atoms with Crippen LogP contribution in [0, 0.1) is 18.4 Å². The first-order valence-corrected chi connectivity index (χ1v) is 2.07. The molecule has 7 heavy (non-hydrogen) atoms. The maximum absolute atomic E-state index is 4.94. The highest BCUT2D eigenvalue weighted by Crippen LogP contribution is 1.63. The van der Waals surface area contributed by atoms with Gasteiger partial charge in [-0.15, -0.1) is 0 Å². The molecule has 0 heteroatoms. The van der Waals surface area contributed by atoms with Crippen LogP contribution >= 0.6 is 0 Å². The van der Waals surface area contributed by atoms with Crippen LogP contribution in [0.2, 0.25) is 0 Å². The van der Waals surface area contributed by atoms with Gasteiger partial charge in [-0.1, -0.05) is 24.5 Å². The van der Waals surface area contributed by atoms with E-state index in [2.05, 4.69) is 11.8 Å². The molecule has 0 aromatic rings. The minimum Gasteiger partial charge on any atom is -0.0793 e. The van der Waals surface area contributed by atoms with Gasteiger partial charge in [-0.25, -0.2) is 0 Å². The third kappa shape index (κ3) is 5.04. The van der Waals surface area contributed by atoms with E-state index in [1.165, 1.54) is 6.08 Å². The van der Waals surface area contributed by atoms with Crippen molar-refractivity contribution in [3.05, 3.63) is 24.8 Å². The van der Waals surface area contributed by atoms with Crippen molar-refractivity contribution >= 4 is 0 Å². The number of hydrogen-bond donors (Lipinski definition) is 0. The highest BCUT2D eigenvalue weighted by Gasteiger charge is 1.48. The summed E-state index contributed by atoms with van der Waals surface area (Å²) in [5.74, 6) is 5.24. The molecule has 0 aliphatic heterocycles. The summed E-state index contributed by atoms with van der Waals surface area (Å²) in [5.41, 5.74) is 0. The molecular formula is C7H7. The average Bonchev–Trinajstić information content (AvgIpc) is 1.69. The van der Waals surface area contributed by atoms with E-state index in [9.17, 15) is 0 Å². The van der Waals surface area contributed by atoms with Gasteiger partial charge >= 0.3 is 0 Å². The van der Waals surface area contributed by atoms with Crippen LogP contribution in [0.25, 0.3) is 0 Å². The molecule has 0 aliphatic rings. The summed E-state index contributed by atoms with van der Waals surface area (Å²) in [4.78, 5) is 0. The van der Waals surface area contributed by atoms with Crippen LogP contribution < -0.4 is 0 Å². The third-order valence-corrected chi connectivity index (χ3v) is 0.417. The Morgan fingerprint density at radius 1 is 1.43 bits per heavy atom. The Labute approximate surface area is 44.5 Å². The predicted octanol–water partition coefficient (Wildman–Crippen LogP) is 1.56. The molecule has 0 aromatic carbocycles. The molecule has 0 aromatic heterocycles. The first-order valence-electron chi connectivity index (χ1n) is 2.07. The number of hydrogen-bond acceptors (Lipinski definition) is 0. The standard InChI is InChI=1S/C7H7/c1-3-5-7-6-4-2/h1,3-4,6H,2H3. The van der Waals surface area contributed by atoms with Gasteiger partial charge in [0, 0.05) is 0 Å². The van der Waals surface area contributed by atoms with Crippen molar-refractivity contribution in [1.29, 1.82) is 0 Å². The Balaban J connectivity index is 3.45. The van der Waals surface area contributed by atoms with Crippen LogP contribution in [0.3, 0.4) is 0 Å². The molecule has 0 spiro atoms. The highest BCUT2D eigenvalue weighted by atomic mass is 13.5. The molecule has 1 radical (unpaired) electrons. The van der Waals surface area contributed by atoms with E-state index in [4.69, 9.17) is 6.58 Å². The normalized spacial score (nSPS) is 7.57. The predicted molar refractivity (Wildman–Crippen MR) is 31.5 cm³/mol. The Morgan fingerprint density at radius 2 is 2.14 bits per heavy atom. The van der Waals surface area contributed by atoms with Crippen molar-refractivity contribution in [3.63, 3.8) is 0 Å². The van der Waals surface area contributed by atoms with E-state index >= 15 is 0 Å². The van der Waals surface area contributed by atoms with Gasteiger partial charge in [-0.3, -0.25) is 0 Å². The van der Waals surface area contributed by atoms with Gasteiger partial charge in [0.25, 0.3) is 0 Å². The summed E-state index contributed by atoms with van der Waals surface area (Å²) >= 11 is 0. The molecule has 0 amide bonds. The zero-order chi connectivity index (χ0) is 5.54. The van der Waals surface area contributed by atoms with E-state index in [1.54, 1.807) is 6.08 Å². The lowest BCUT2D eigenvalue weighted by atomic mass is 10.5.